The highest BCUT2D eigenvalue weighted by Gasteiger charge is 2.11. The van der Waals surface area contributed by atoms with Crippen molar-refractivity contribution in [3.63, 3.8) is 0 Å². The fourth-order valence-electron chi connectivity index (χ4n) is 1.87. The van der Waals surface area contributed by atoms with Gasteiger partial charge in [0.15, 0.2) is 0 Å². The van der Waals surface area contributed by atoms with Gasteiger partial charge in [-0.25, -0.2) is 0 Å². The monoisotopic (exact) mass is 403 g/mol. The van der Waals surface area contributed by atoms with Crippen LogP contribution in [0.3, 0.4) is 0 Å². The zero-order chi connectivity index (χ0) is 13.8. The van der Waals surface area contributed by atoms with Crippen molar-refractivity contribution in [1.82, 2.24) is 5.32 Å². The molecule has 1 heterocycles. The molecule has 1 unspecified atom stereocenters. The molecule has 0 aliphatic heterocycles. The molecule has 1 aromatic heterocycles. The molecule has 0 amide bonds. The van der Waals surface area contributed by atoms with E-state index < -0.39 is 0 Å². The van der Waals surface area contributed by atoms with E-state index in [1.807, 2.05) is 18.2 Å². The quantitative estimate of drug-likeness (QED) is 0.745. The molecule has 1 N–H and O–H groups in total. The summed E-state index contributed by atoms with van der Waals surface area (Å²) < 4.78 is 7.63. The van der Waals surface area contributed by atoms with Gasteiger partial charge in [0.1, 0.15) is 5.75 Å². The maximum absolute atomic E-state index is 5.39. The molecule has 0 spiro atoms. The molecule has 0 fully saturated rings. The van der Waals surface area contributed by atoms with E-state index in [0.717, 1.165) is 20.6 Å². The van der Waals surface area contributed by atoms with E-state index >= 15 is 0 Å². The molecule has 2 aromatic rings. The number of rotatable bonds is 5. The zero-order valence-corrected chi connectivity index (χ0v) is 14.7. The lowest BCUT2D eigenvalue weighted by atomic mass is 10.1. The fraction of sp³-hybridized carbons (Fsp3) is 0.286. The second-order valence-electron chi connectivity index (χ2n) is 4.18. The molecule has 2 rings (SSSR count). The SMILES string of the molecule is COc1ccccc1C(C)NCc1cc(Br)c(Br)s1. The van der Waals surface area contributed by atoms with Crippen molar-refractivity contribution >= 4 is 43.2 Å². The number of thiophene rings is 1. The summed E-state index contributed by atoms with van der Waals surface area (Å²) in [7, 11) is 1.71. The maximum Gasteiger partial charge on any atom is 0.123 e. The first-order valence-electron chi connectivity index (χ1n) is 5.92. The Bertz CT molecular complexity index is 537. The third kappa shape index (κ3) is 3.81. The Labute approximate surface area is 134 Å². The molecule has 0 radical (unpaired) electrons. The molecule has 0 aliphatic rings. The van der Waals surface area contributed by atoms with Gasteiger partial charge >= 0.3 is 0 Å². The van der Waals surface area contributed by atoms with Crippen LogP contribution in [-0.4, -0.2) is 7.11 Å². The molecule has 1 aromatic carbocycles. The Kier molecular flexibility index (Phi) is 5.45. The van der Waals surface area contributed by atoms with Crippen LogP contribution in [0.25, 0.3) is 0 Å². The molecule has 19 heavy (non-hydrogen) atoms. The molecule has 2 nitrogen and oxygen atoms in total. The van der Waals surface area contributed by atoms with E-state index in [1.54, 1.807) is 18.4 Å². The van der Waals surface area contributed by atoms with Crippen LogP contribution in [0, 0.1) is 0 Å². The molecule has 0 aliphatic carbocycles. The van der Waals surface area contributed by atoms with Crippen molar-refractivity contribution in [2.45, 2.75) is 19.5 Å². The molecule has 0 saturated carbocycles. The summed E-state index contributed by atoms with van der Waals surface area (Å²) in [6, 6.07) is 10.5. The number of benzene rings is 1. The first kappa shape index (κ1) is 15.0. The van der Waals surface area contributed by atoms with Gasteiger partial charge in [-0.1, -0.05) is 18.2 Å². The fourth-order valence-corrected chi connectivity index (χ4v) is 3.99. The van der Waals surface area contributed by atoms with Crippen molar-refractivity contribution in [2.75, 3.05) is 7.11 Å². The lowest BCUT2D eigenvalue weighted by molar-refractivity contribution is 0.401. The summed E-state index contributed by atoms with van der Waals surface area (Å²) in [5.74, 6) is 0.927. The lowest BCUT2D eigenvalue weighted by Gasteiger charge is -2.16. The van der Waals surface area contributed by atoms with E-state index in [2.05, 4.69) is 56.2 Å². The van der Waals surface area contributed by atoms with Gasteiger partial charge in [-0.15, -0.1) is 11.3 Å². The predicted molar refractivity (Wildman–Crippen MR) is 88.0 cm³/mol. The molecule has 5 heteroatoms. The summed E-state index contributed by atoms with van der Waals surface area (Å²) in [5.41, 5.74) is 1.18. The topological polar surface area (TPSA) is 21.3 Å². The normalized spacial score (nSPS) is 12.4. The smallest absolute Gasteiger partial charge is 0.123 e. The minimum absolute atomic E-state index is 0.246. The zero-order valence-electron chi connectivity index (χ0n) is 10.7. The second-order valence-corrected chi connectivity index (χ2v) is 7.49. The van der Waals surface area contributed by atoms with Gasteiger partial charge < -0.3 is 10.1 Å². The van der Waals surface area contributed by atoms with Crippen LogP contribution in [0.15, 0.2) is 38.6 Å². The summed E-state index contributed by atoms with van der Waals surface area (Å²) in [6.45, 7) is 2.99. The highest BCUT2D eigenvalue weighted by molar-refractivity contribution is 9.13. The third-order valence-corrected chi connectivity index (χ3v) is 6.14. The Morgan fingerprint density at radius 3 is 2.68 bits per heavy atom. The van der Waals surface area contributed by atoms with Gasteiger partial charge in [-0.05, 0) is 50.9 Å². The van der Waals surface area contributed by atoms with E-state index in [0.29, 0.717) is 0 Å². The third-order valence-electron chi connectivity index (χ3n) is 2.88. The maximum atomic E-state index is 5.39. The Balaban J connectivity index is 2.03. The van der Waals surface area contributed by atoms with E-state index in [9.17, 15) is 0 Å². The molecular formula is C14H15Br2NOS. The van der Waals surface area contributed by atoms with E-state index in [-0.39, 0.29) is 6.04 Å². The van der Waals surface area contributed by atoms with Crippen LogP contribution in [0.4, 0.5) is 0 Å². The number of ether oxygens (including phenoxy) is 1. The van der Waals surface area contributed by atoms with Gasteiger partial charge in [0.05, 0.1) is 10.9 Å². The Morgan fingerprint density at radius 2 is 2.05 bits per heavy atom. The highest BCUT2D eigenvalue weighted by atomic mass is 79.9. The van der Waals surface area contributed by atoms with E-state index in [1.165, 1.54) is 10.4 Å². The van der Waals surface area contributed by atoms with Gasteiger partial charge in [0.2, 0.25) is 0 Å². The number of nitrogens with one attached hydrogen (secondary N) is 1. The van der Waals surface area contributed by atoms with Crippen molar-refractivity contribution in [1.29, 1.82) is 0 Å². The van der Waals surface area contributed by atoms with E-state index in [4.69, 9.17) is 4.74 Å². The van der Waals surface area contributed by atoms with Crippen LogP contribution >= 0.6 is 43.2 Å². The standard InChI is InChI=1S/C14H15Br2NOS/c1-9(11-5-3-4-6-13(11)18-2)17-8-10-7-12(15)14(16)19-10/h3-7,9,17H,8H2,1-2H3. The van der Waals surface area contributed by atoms with Gasteiger partial charge in [0.25, 0.3) is 0 Å². The summed E-state index contributed by atoms with van der Waals surface area (Å²) in [5, 5.41) is 3.52. The Hall–Kier alpha value is -0.360. The number of hydrogen-bond donors (Lipinski definition) is 1. The number of halogens is 2. The van der Waals surface area contributed by atoms with Crippen molar-refractivity contribution in [3.8, 4) is 5.75 Å². The number of methoxy groups -OCH3 is 1. The summed E-state index contributed by atoms with van der Waals surface area (Å²) in [4.78, 5) is 1.29. The van der Waals surface area contributed by atoms with Crippen LogP contribution in [-0.2, 0) is 6.54 Å². The number of para-hydroxylation sites is 1. The molecular weight excluding hydrogens is 390 g/mol. The molecule has 102 valence electrons. The average molecular weight is 405 g/mol. The first-order valence-corrected chi connectivity index (χ1v) is 8.32. The largest absolute Gasteiger partial charge is 0.496 e. The van der Waals surface area contributed by atoms with Crippen LogP contribution in [0.5, 0.6) is 5.75 Å². The molecule has 1 atom stereocenters. The van der Waals surface area contributed by atoms with Gasteiger partial charge in [-0.3, -0.25) is 0 Å². The molecule has 0 saturated heterocycles. The van der Waals surface area contributed by atoms with Crippen molar-refractivity contribution < 1.29 is 4.74 Å². The lowest BCUT2D eigenvalue weighted by Crippen LogP contribution is -2.18. The highest BCUT2D eigenvalue weighted by Crippen LogP contribution is 2.33. The van der Waals surface area contributed by atoms with Crippen LogP contribution in [0.2, 0.25) is 0 Å². The van der Waals surface area contributed by atoms with Gasteiger partial charge in [-0.2, -0.15) is 0 Å². The van der Waals surface area contributed by atoms with Crippen LogP contribution in [0.1, 0.15) is 23.4 Å². The first-order chi connectivity index (χ1) is 9.11. The van der Waals surface area contributed by atoms with Crippen molar-refractivity contribution in [2.24, 2.45) is 0 Å². The second kappa shape index (κ2) is 6.88. The Morgan fingerprint density at radius 1 is 1.32 bits per heavy atom. The van der Waals surface area contributed by atoms with Gasteiger partial charge in [0, 0.05) is 27.5 Å². The van der Waals surface area contributed by atoms with Crippen LogP contribution < -0.4 is 10.1 Å². The summed E-state index contributed by atoms with van der Waals surface area (Å²) in [6.07, 6.45) is 0. The average Bonchev–Trinajstić information content (AvgIpc) is 2.75. The molecule has 0 bridgehead atoms. The minimum atomic E-state index is 0.246. The minimum Gasteiger partial charge on any atom is -0.496 e. The summed E-state index contributed by atoms with van der Waals surface area (Å²) >= 11 is 8.76. The predicted octanol–water partition coefficient (Wildman–Crippen LogP) is 5.13. The van der Waals surface area contributed by atoms with Crippen molar-refractivity contribution in [3.05, 3.63) is 49.0 Å². The number of hydrogen-bond acceptors (Lipinski definition) is 3.